The molecule has 1 aliphatic heterocycles. The Morgan fingerprint density at radius 1 is 1.26 bits per heavy atom. The predicted molar refractivity (Wildman–Crippen MR) is 122 cm³/mol. The number of hydrogen-bond donors (Lipinski definition) is 1. The van der Waals surface area contributed by atoms with Crippen molar-refractivity contribution < 1.29 is 9.15 Å². The molecule has 0 spiro atoms. The molecule has 3 aromatic rings. The lowest BCUT2D eigenvalue weighted by atomic mass is 9.76. The second-order valence-electron chi connectivity index (χ2n) is 8.88. The van der Waals surface area contributed by atoms with Gasteiger partial charge in [-0.3, -0.25) is 4.98 Å². The number of nitrogens with zero attached hydrogens (tertiary/aromatic N) is 1. The van der Waals surface area contributed by atoms with Gasteiger partial charge in [0.15, 0.2) is 0 Å². The van der Waals surface area contributed by atoms with E-state index >= 15 is 0 Å². The number of aromatic nitrogens is 1. The van der Waals surface area contributed by atoms with Gasteiger partial charge in [0.1, 0.15) is 23.2 Å². The molecule has 1 N–H and O–H groups in total. The molecule has 1 saturated carbocycles. The third kappa shape index (κ3) is 4.02. The van der Waals surface area contributed by atoms with E-state index in [9.17, 15) is 4.79 Å². The van der Waals surface area contributed by atoms with Crippen LogP contribution in [0, 0.1) is 18.8 Å². The van der Waals surface area contributed by atoms with Gasteiger partial charge in [0.05, 0.1) is 5.52 Å². The molecule has 2 aliphatic rings. The smallest absolute Gasteiger partial charge is 0.346 e. The summed E-state index contributed by atoms with van der Waals surface area (Å²) in [6, 6.07) is 12.3. The molecule has 0 amide bonds. The topological polar surface area (TPSA) is 64.4 Å². The van der Waals surface area contributed by atoms with Crippen LogP contribution in [0.1, 0.15) is 43.1 Å². The molecular weight excluding hydrogens is 388 g/mol. The van der Waals surface area contributed by atoms with E-state index in [1.807, 2.05) is 24.4 Å². The molecule has 1 aromatic carbocycles. The first kappa shape index (κ1) is 20.0. The number of benzene rings is 1. The molecule has 0 saturated heterocycles. The zero-order chi connectivity index (χ0) is 21.4. The number of hydrogen-bond acceptors (Lipinski definition) is 5. The summed E-state index contributed by atoms with van der Waals surface area (Å²) in [5, 5.41) is 4.83. The number of nitrogens with one attached hydrogen (secondary N) is 1. The fourth-order valence-electron chi connectivity index (χ4n) is 4.93. The predicted octanol–water partition coefficient (Wildman–Crippen LogP) is 4.87. The maximum atomic E-state index is 12.1. The van der Waals surface area contributed by atoms with Gasteiger partial charge in [-0.15, -0.1) is 0 Å². The van der Waals surface area contributed by atoms with Crippen molar-refractivity contribution in [2.24, 2.45) is 11.8 Å². The summed E-state index contributed by atoms with van der Waals surface area (Å²) < 4.78 is 11.5. The van der Waals surface area contributed by atoms with E-state index in [-0.39, 0.29) is 11.7 Å². The van der Waals surface area contributed by atoms with E-state index in [1.54, 1.807) is 6.92 Å². The van der Waals surface area contributed by atoms with Crippen LogP contribution in [0.25, 0.3) is 17.0 Å². The molecule has 160 valence electrons. The highest BCUT2D eigenvalue weighted by Gasteiger charge is 2.33. The molecule has 1 unspecified atom stereocenters. The van der Waals surface area contributed by atoms with E-state index in [2.05, 4.69) is 41.5 Å². The Kier molecular flexibility index (Phi) is 5.36. The molecule has 1 fully saturated rings. The van der Waals surface area contributed by atoms with Gasteiger partial charge in [0, 0.05) is 24.2 Å². The summed E-state index contributed by atoms with van der Waals surface area (Å²) in [7, 11) is 0. The summed E-state index contributed by atoms with van der Waals surface area (Å²) in [5.74, 6) is 2.38. The quantitative estimate of drug-likeness (QED) is 0.643. The van der Waals surface area contributed by atoms with E-state index in [0.29, 0.717) is 28.9 Å². The van der Waals surface area contributed by atoms with Crippen molar-refractivity contribution in [2.45, 2.75) is 45.8 Å². The maximum Gasteiger partial charge on any atom is 0.346 e. The number of para-hydroxylation sites is 1. The number of fused-ring (bicyclic) bond motifs is 3. The van der Waals surface area contributed by atoms with Crippen LogP contribution < -0.4 is 15.7 Å². The van der Waals surface area contributed by atoms with E-state index < -0.39 is 0 Å². The minimum atomic E-state index is -0.302. The van der Waals surface area contributed by atoms with Gasteiger partial charge in [0.25, 0.3) is 0 Å². The van der Waals surface area contributed by atoms with Gasteiger partial charge in [0.2, 0.25) is 0 Å². The Morgan fingerprint density at radius 3 is 3.03 bits per heavy atom. The average molecular weight is 417 g/mol. The molecule has 2 aromatic heterocycles. The average Bonchev–Trinajstić information content (AvgIpc) is 2.77. The molecule has 5 heteroatoms. The van der Waals surface area contributed by atoms with Crippen molar-refractivity contribution in [2.75, 3.05) is 6.54 Å². The lowest BCUT2D eigenvalue weighted by Crippen LogP contribution is -2.36. The van der Waals surface area contributed by atoms with Crippen LogP contribution in [0.2, 0.25) is 0 Å². The summed E-state index contributed by atoms with van der Waals surface area (Å²) >= 11 is 0. The summed E-state index contributed by atoms with van der Waals surface area (Å²) in [6.07, 6.45) is 7.01. The minimum absolute atomic E-state index is 0.0668. The van der Waals surface area contributed by atoms with Crippen molar-refractivity contribution in [3.05, 3.63) is 75.5 Å². The molecule has 31 heavy (non-hydrogen) atoms. The van der Waals surface area contributed by atoms with Gasteiger partial charge in [-0.1, -0.05) is 31.2 Å². The van der Waals surface area contributed by atoms with Crippen LogP contribution in [-0.4, -0.2) is 17.6 Å². The number of aryl methyl sites for hydroxylation is 1. The van der Waals surface area contributed by atoms with E-state index in [1.165, 1.54) is 16.5 Å². The van der Waals surface area contributed by atoms with Crippen molar-refractivity contribution in [3.8, 4) is 5.75 Å². The highest BCUT2D eigenvalue weighted by Crippen LogP contribution is 2.40. The molecule has 3 heterocycles. The largest absolute Gasteiger partial charge is 0.485 e. The second-order valence-corrected chi connectivity index (χ2v) is 8.88. The Morgan fingerprint density at radius 2 is 2.13 bits per heavy atom. The maximum absolute atomic E-state index is 12.1. The fraction of sp³-hybridized carbons (Fsp3) is 0.385. The third-order valence-electron chi connectivity index (χ3n) is 6.71. The number of rotatable bonds is 5. The molecule has 0 radical (unpaired) electrons. The van der Waals surface area contributed by atoms with Gasteiger partial charge >= 0.3 is 5.63 Å². The normalized spacial score (nSPS) is 21.0. The SMILES string of the molecule is Cc1cc2c(c(=O)o1)C=C1CC[C@H](C(C)CNCc3cccc4cccnc34)C[C@@H]1O2. The van der Waals surface area contributed by atoms with Crippen molar-refractivity contribution in [3.63, 3.8) is 0 Å². The van der Waals surface area contributed by atoms with Gasteiger partial charge in [-0.2, -0.15) is 0 Å². The van der Waals surface area contributed by atoms with Crippen LogP contribution in [-0.2, 0) is 6.54 Å². The zero-order valence-electron chi connectivity index (χ0n) is 18.1. The Bertz CT molecular complexity index is 1190. The Hall–Kier alpha value is -2.92. The molecule has 1 aliphatic carbocycles. The summed E-state index contributed by atoms with van der Waals surface area (Å²) in [6.45, 7) is 5.88. The monoisotopic (exact) mass is 416 g/mol. The second kappa shape index (κ2) is 8.31. The van der Waals surface area contributed by atoms with Gasteiger partial charge in [-0.05, 0) is 67.8 Å². The first-order valence-corrected chi connectivity index (χ1v) is 11.1. The van der Waals surface area contributed by atoms with Crippen molar-refractivity contribution in [1.82, 2.24) is 10.3 Å². The van der Waals surface area contributed by atoms with Crippen LogP contribution in [0.15, 0.2) is 57.4 Å². The standard InChI is InChI=1S/C26H28N2O3/c1-16(14-27-15-21-6-3-5-18-7-4-10-28-25(18)21)19-8-9-20-12-22-24(31-23(20)13-19)11-17(2)30-26(22)29/h3-7,10-12,16,19,23,27H,8-9,13-15H2,1-2H3/t16?,19-,23-/m0/s1. The molecule has 5 nitrogen and oxygen atoms in total. The molecule has 5 rings (SSSR count). The van der Waals surface area contributed by atoms with Crippen LogP contribution >= 0.6 is 0 Å². The van der Waals surface area contributed by atoms with Crippen LogP contribution in [0.5, 0.6) is 5.75 Å². The van der Waals surface area contributed by atoms with E-state index in [0.717, 1.165) is 37.9 Å². The minimum Gasteiger partial charge on any atom is -0.485 e. The van der Waals surface area contributed by atoms with Crippen LogP contribution in [0.4, 0.5) is 0 Å². The van der Waals surface area contributed by atoms with E-state index in [4.69, 9.17) is 9.15 Å². The molecule has 0 bridgehead atoms. The van der Waals surface area contributed by atoms with Crippen LogP contribution in [0.3, 0.4) is 0 Å². The van der Waals surface area contributed by atoms with Crippen molar-refractivity contribution >= 4 is 17.0 Å². The Labute approximate surface area is 182 Å². The third-order valence-corrected chi connectivity index (χ3v) is 6.71. The Balaban J connectivity index is 1.21. The first-order valence-electron chi connectivity index (χ1n) is 11.1. The summed E-state index contributed by atoms with van der Waals surface area (Å²) in [4.78, 5) is 16.7. The highest BCUT2D eigenvalue weighted by molar-refractivity contribution is 5.81. The molecular formula is C26H28N2O3. The van der Waals surface area contributed by atoms with Gasteiger partial charge < -0.3 is 14.5 Å². The lowest BCUT2D eigenvalue weighted by molar-refractivity contribution is 0.140. The lowest BCUT2D eigenvalue weighted by Gasteiger charge is -2.37. The summed E-state index contributed by atoms with van der Waals surface area (Å²) in [5.41, 5.74) is 3.80. The highest BCUT2D eigenvalue weighted by atomic mass is 16.5. The fourth-order valence-corrected chi connectivity index (χ4v) is 4.93. The first-order chi connectivity index (χ1) is 15.1. The number of pyridine rings is 1. The van der Waals surface area contributed by atoms with Gasteiger partial charge in [-0.25, -0.2) is 4.79 Å². The molecule has 3 atom stereocenters. The zero-order valence-corrected chi connectivity index (χ0v) is 18.1. The van der Waals surface area contributed by atoms with Crippen molar-refractivity contribution in [1.29, 1.82) is 0 Å². The number of ether oxygens (including phenoxy) is 1.